The number of carbonyl (C=O) groups is 3. The predicted molar refractivity (Wildman–Crippen MR) is 145 cm³/mol. The Morgan fingerprint density at radius 2 is 1.55 bits per heavy atom. The van der Waals surface area contributed by atoms with Crippen molar-refractivity contribution in [1.29, 1.82) is 0 Å². The zero-order chi connectivity index (χ0) is 27.3. The fraction of sp³-hybridized carbons (Fsp3) is 0.143. The van der Waals surface area contributed by atoms with E-state index in [-0.39, 0.29) is 12.5 Å². The standard InChI is InChI=1S/C28H28N4O6/c1-4-15-37-23-12-10-22(11-13-23)31-27(34)28(35)32-29-17-20-7-14-24(25(16-20)36-3)38-18-26(33)30-21-8-5-19(2)6-9-21/h4-14,16-17H,1,15,18H2,2-3H3,(H,30,33)(H,31,34)(H,32,35)/b29-17-. The third-order valence-corrected chi connectivity index (χ3v) is 4.95. The number of amides is 3. The fourth-order valence-electron chi connectivity index (χ4n) is 3.05. The number of hydrogen-bond acceptors (Lipinski definition) is 7. The number of hydrazone groups is 1. The predicted octanol–water partition coefficient (Wildman–Crippen LogP) is 3.67. The molecule has 0 atom stereocenters. The summed E-state index contributed by atoms with van der Waals surface area (Å²) in [6.07, 6.45) is 2.96. The van der Waals surface area contributed by atoms with Crippen molar-refractivity contribution < 1.29 is 28.6 Å². The highest BCUT2D eigenvalue weighted by Crippen LogP contribution is 2.27. The van der Waals surface area contributed by atoms with Crippen LogP contribution in [-0.4, -0.2) is 44.3 Å². The molecule has 0 aromatic heterocycles. The normalized spacial score (nSPS) is 10.4. The van der Waals surface area contributed by atoms with Crippen molar-refractivity contribution in [2.45, 2.75) is 6.92 Å². The van der Waals surface area contributed by atoms with Gasteiger partial charge in [0.2, 0.25) is 0 Å². The number of anilines is 2. The number of ether oxygens (including phenoxy) is 3. The van der Waals surface area contributed by atoms with Crippen LogP contribution in [0.15, 0.2) is 84.5 Å². The third-order valence-electron chi connectivity index (χ3n) is 4.95. The minimum atomic E-state index is -0.945. The number of hydrogen-bond donors (Lipinski definition) is 3. The number of nitrogens with one attached hydrogen (secondary N) is 3. The molecule has 3 N–H and O–H groups in total. The van der Waals surface area contributed by atoms with Gasteiger partial charge in [-0.15, -0.1) is 0 Å². The average Bonchev–Trinajstić information content (AvgIpc) is 2.93. The SMILES string of the molecule is C=CCOc1ccc(NC(=O)C(=O)N/N=C\c2ccc(OCC(=O)Nc3ccc(C)cc3)c(OC)c2)cc1. The molecule has 3 amide bonds. The van der Waals surface area contributed by atoms with E-state index in [0.29, 0.717) is 40.8 Å². The van der Waals surface area contributed by atoms with Crippen LogP contribution in [0.1, 0.15) is 11.1 Å². The van der Waals surface area contributed by atoms with Crippen molar-refractivity contribution in [1.82, 2.24) is 5.43 Å². The summed E-state index contributed by atoms with van der Waals surface area (Å²) >= 11 is 0. The molecular formula is C28H28N4O6. The van der Waals surface area contributed by atoms with Gasteiger partial charge >= 0.3 is 11.8 Å². The Morgan fingerprint density at radius 3 is 2.24 bits per heavy atom. The van der Waals surface area contributed by atoms with Crippen LogP contribution in [0.2, 0.25) is 0 Å². The van der Waals surface area contributed by atoms with E-state index in [0.717, 1.165) is 5.56 Å². The van der Waals surface area contributed by atoms with Crippen molar-refractivity contribution in [3.8, 4) is 17.2 Å². The molecule has 3 aromatic rings. The molecule has 0 heterocycles. The maximum Gasteiger partial charge on any atom is 0.329 e. The molecule has 0 saturated carbocycles. The summed E-state index contributed by atoms with van der Waals surface area (Å²) in [5, 5.41) is 9.03. The van der Waals surface area contributed by atoms with E-state index in [9.17, 15) is 14.4 Å². The van der Waals surface area contributed by atoms with Gasteiger partial charge in [0.1, 0.15) is 12.4 Å². The lowest BCUT2D eigenvalue weighted by Gasteiger charge is -2.11. The summed E-state index contributed by atoms with van der Waals surface area (Å²) in [6.45, 7) is 5.68. The largest absolute Gasteiger partial charge is 0.493 e. The van der Waals surface area contributed by atoms with Crippen molar-refractivity contribution >= 4 is 35.3 Å². The topological polar surface area (TPSA) is 127 Å². The Hall–Kier alpha value is -5.12. The van der Waals surface area contributed by atoms with Gasteiger partial charge in [0.25, 0.3) is 5.91 Å². The van der Waals surface area contributed by atoms with E-state index in [2.05, 4.69) is 27.7 Å². The molecule has 0 aliphatic rings. The number of carbonyl (C=O) groups excluding carboxylic acids is 3. The van der Waals surface area contributed by atoms with E-state index >= 15 is 0 Å². The highest BCUT2D eigenvalue weighted by molar-refractivity contribution is 6.39. The minimum Gasteiger partial charge on any atom is -0.493 e. The summed E-state index contributed by atoms with van der Waals surface area (Å²) in [6, 6.07) is 18.8. The van der Waals surface area contributed by atoms with Gasteiger partial charge in [0.15, 0.2) is 18.1 Å². The molecule has 0 unspecified atom stereocenters. The number of nitrogens with zero attached hydrogens (tertiary/aromatic N) is 1. The van der Waals surface area contributed by atoms with E-state index < -0.39 is 11.8 Å². The van der Waals surface area contributed by atoms with Crippen LogP contribution < -0.4 is 30.3 Å². The van der Waals surface area contributed by atoms with Crippen LogP contribution in [-0.2, 0) is 14.4 Å². The Morgan fingerprint density at radius 1 is 0.868 bits per heavy atom. The Balaban J connectivity index is 1.49. The van der Waals surface area contributed by atoms with Gasteiger partial charge in [-0.25, -0.2) is 5.43 Å². The molecular weight excluding hydrogens is 488 g/mol. The summed E-state index contributed by atoms with van der Waals surface area (Å²) < 4.78 is 16.3. The zero-order valence-electron chi connectivity index (χ0n) is 21.0. The second-order valence-electron chi connectivity index (χ2n) is 7.89. The number of rotatable bonds is 11. The van der Waals surface area contributed by atoms with Gasteiger partial charge in [-0.05, 0) is 67.1 Å². The Bertz CT molecular complexity index is 1300. The number of benzene rings is 3. The van der Waals surface area contributed by atoms with Crippen molar-refractivity contribution in [2.24, 2.45) is 5.10 Å². The van der Waals surface area contributed by atoms with Crippen LogP contribution in [0.4, 0.5) is 11.4 Å². The maximum absolute atomic E-state index is 12.2. The first-order valence-corrected chi connectivity index (χ1v) is 11.5. The van der Waals surface area contributed by atoms with Crippen molar-refractivity contribution in [3.05, 3.63) is 90.5 Å². The average molecular weight is 517 g/mol. The molecule has 0 radical (unpaired) electrons. The molecule has 0 spiro atoms. The van der Waals surface area contributed by atoms with Crippen LogP contribution in [0.3, 0.4) is 0 Å². The Labute approximate surface area is 220 Å². The second-order valence-corrected chi connectivity index (χ2v) is 7.89. The lowest BCUT2D eigenvalue weighted by atomic mass is 10.2. The van der Waals surface area contributed by atoms with Gasteiger partial charge in [0, 0.05) is 11.4 Å². The summed E-state index contributed by atoms with van der Waals surface area (Å²) in [5.74, 6) is -0.824. The van der Waals surface area contributed by atoms with Gasteiger partial charge in [-0.3, -0.25) is 14.4 Å². The molecule has 38 heavy (non-hydrogen) atoms. The van der Waals surface area contributed by atoms with Crippen molar-refractivity contribution in [2.75, 3.05) is 31.0 Å². The maximum atomic E-state index is 12.2. The summed E-state index contributed by atoms with van der Waals surface area (Å²) in [4.78, 5) is 36.4. The zero-order valence-corrected chi connectivity index (χ0v) is 21.0. The molecule has 196 valence electrons. The van der Waals surface area contributed by atoms with Gasteiger partial charge in [0.05, 0.1) is 13.3 Å². The molecule has 0 saturated heterocycles. The van der Waals surface area contributed by atoms with E-state index in [1.807, 2.05) is 31.2 Å². The van der Waals surface area contributed by atoms with Crippen LogP contribution in [0.25, 0.3) is 0 Å². The van der Waals surface area contributed by atoms with Crippen LogP contribution in [0, 0.1) is 6.92 Å². The quantitative estimate of drug-likeness (QED) is 0.154. The highest BCUT2D eigenvalue weighted by Gasteiger charge is 2.13. The summed E-state index contributed by atoms with van der Waals surface area (Å²) in [7, 11) is 1.46. The molecule has 0 bridgehead atoms. The molecule has 10 heteroatoms. The lowest BCUT2D eigenvalue weighted by molar-refractivity contribution is -0.136. The fourth-order valence-corrected chi connectivity index (χ4v) is 3.05. The monoisotopic (exact) mass is 516 g/mol. The van der Waals surface area contributed by atoms with Crippen molar-refractivity contribution in [3.63, 3.8) is 0 Å². The number of aryl methyl sites for hydroxylation is 1. The van der Waals surface area contributed by atoms with E-state index in [1.54, 1.807) is 48.5 Å². The smallest absolute Gasteiger partial charge is 0.329 e. The molecule has 10 nitrogen and oxygen atoms in total. The van der Waals surface area contributed by atoms with Gasteiger partial charge < -0.3 is 24.8 Å². The third kappa shape index (κ3) is 8.52. The minimum absolute atomic E-state index is 0.215. The first-order chi connectivity index (χ1) is 18.4. The molecule has 0 aliphatic carbocycles. The van der Waals surface area contributed by atoms with E-state index in [1.165, 1.54) is 13.3 Å². The second kappa shape index (κ2) is 13.8. The van der Waals surface area contributed by atoms with Crippen LogP contribution in [0.5, 0.6) is 17.2 Å². The molecule has 3 aromatic carbocycles. The van der Waals surface area contributed by atoms with Crippen LogP contribution >= 0.6 is 0 Å². The van der Waals surface area contributed by atoms with Gasteiger partial charge in [-0.1, -0.05) is 30.4 Å². The first kappa shape index (κ1) is 27.5. The molecule has 0 aliphatic heterocycles. The number of methoxy groups -OCH3 is 1. The molecule has 0 fully saturated rings. The Kier molecular flexibility index (Phi) is 10.00. The lowest BCUT2D eigenvalue weighted by Crippen LogP contribution is -2.32. The molecule has 3 rings (SSSR count). The highest BCUT2D eigenvalue weighted by atomic mass is 16.5. The summed E-state index contributed by atoms with van der Waals surface area (Å²) in [5.41, 5.74) is 4.92. The van der Waals surface area contributed by atoms with E-state index in [4.69, 9.17) is 14.2 Å². The first-order valence-electron chi connectivity index (χ1n) is 11.5. The van der Waals surface area contributed by atoms with Gasteiger partial charge in [-0.2, -0.15) is 5.10 Å².